The van der Waals surface area contributed by atoms with E-state index in [9.17, 15) is 13.2 Å². The largest absolute Gasteiger partial charge is 0.497 e. The Labute approximate surface area is 213 Å². The number of ether oxygens (including phenoxy) is 3. The van der Waals surface area contributed by atoms with Gasteiger partial charge in [0, 0.05) is 19.2 Å². The molecule has 0 unspecified atom stereocenters. The molecule has 0 radical (unpaired) electrons. The summed E-state index contributed by atoms with van der Waals surface area (Å²) in [4.78, 5) is 15.5. The van der Waals surface area contributed by atoms with E-state index in [1.54, 1.807) is 42.5 Å². The Morgan fingerprint density at radius 3 is 2.39 bits per heavy atom. The summed E-state index contributed by atoms with van der Waals surface area (Å²) in [5, 5.41) is 0. The van der Waals surface area contributed by atoms with Crippen LogP contribution in [0.2, 0.25) is 0 Å². The SMILES string of the molecule is COc1ccc(OC)c(N2CC(=O)N3CCCC4(CCC(CC4)Oc4ccc(cc4)S2(=O)=O)CC3)c1. The van der Waals surface area contributed by atoms with Crippen molar-refractivity contribution in [1.82, 2.24) is 4.90 Å². The molecule has 0 aromatic heterocycles. The van der Waals surface area contributed by atoms with Crippen LogP contribution in [0.4, 0.5) is 5.69 Å². The van der Waals surface area contributed by atoms with E-state index in [4.69, 9.17) is 14.2 Å². The predicted molar refractivity (Wildman–Crippen MR) is 136 cm³/mol. The number of fused-ring (bicyclic) bond motifs is 2. The summed E-state index contributed by atoms with van der Waals surface area (Å²) in [6.07, 6.45) is 7.24. The van der Waals surface area contributed by atoms with Gasteiger partial charge in [-0.1, -0.05) is 0 Å². The van der Waals surface area contributed by atoms with E-state index < -0.39 is 10.0 Å². The maximum Gasteiger partial charge on any atom is 0.264 e. The summed E-state index contributed by atoms with van der Waals surface area (Å²) in [5.74, 6) is 1.27. The van der Waals surface area contributed by atoms with Crippen LogP contribution in [0.1, 0.15) is 44.9 Å². The third kappa shape index (κ3) is 4.73. The monoisotopic (exact) mass is 514 g/mol. The van der Waals surface area contributed by atoms with Gasteiger partial charge in [0.15, 0.2) is 0 Å². The van der Waals surface area contributed by atoms with E-state index in [2.05, 4.69) is 0 Å². The van der Waals surface area contributed by atoms with E-state index in [1.165, 1.54) is 14.2 Å². The second-order valence-corrected chi connectivity index (χ2v) is 11.9. The van der Waals surface area contributed by atoms with Gasteiger partial charge in [0.25, 0.3) is 10.0 Å². The third-order valence-electron chi connectivity index (χ3n) is 8.04. The van der Waals surface area contributed by atoms with E-state index in [1.807, 2.05) is 4.90 Å². The van der Waals surface area contributed by atoms with Crippen molar-refractivity contribution in [3.8, 4) is 17.2 Å². The van der Waals surface area contributed by atoms with Gasteiger partial charge in [-0.2, -0.15) is 0 Å². The molecule has 9 heteroatoms. The van der Waals surface area contributed by atoms with Crippen molar-refractivity contribution in [3.05, 3.63) is 42.5 Å². The van der Waals surface area contributed by atoms with Gasteiger partial charge in [-0.15, -0.1) is 0 Å². The Kier molecular flexibility index (Phi) is 6.76. The van der Waals surface area contributed by atoms with E-state index in [0.29, 0.717) is 30.3 Å². The van der Waals surface area contributed by atoms with Crippen molar-refractivity contribution in [1.29, 1.82) is 0 Å². The number of hydrogen-bond acceptors (Lipinski definition) is 6. The molecule has 2 aromatic rings. The first-order valence-corrected chi connectivity index (χ1v) is 14.1. The van der Waals surface area contributed by atoms with Crippen molar-refractivity contribution in [2.75, 3.05) is 38.2 Å². The molecular formula is C27H34N2O6S. The first-order chi connectivity index (χ1) is 17.3. The topological polar surface area (TPSA) is 85.4 Å². The van der Waals surface area contributed by atoms with Crippen molar-refractivity contribution in [3.63, 3.8) is 0 Å². The van der Waals surface area contributed by atoms with Crippen LogP contribution in [-0.2, 0) is 14.8 Å². The molecule has 194 valence electrons. The van der Waals surface area contributed by atoms with Gasteiger partial charge in [0.2, 0.25) is 5.91 Å². The lowest BCUT2D eigenvalue weighted by Gasteiger charge is -2.40. The number of nitrogens with zero attached hydrogens (tertiary/aromatic N) is 2. The number of carbonyl (C=O) groups excluding carboxylic acids is 1. The standard InChI is InChI=1S/C27H34N2O6S/c1-33-22-6-9-25(34-2)24(18-22)29-19-26(30)28-16-3-12-27(15-17-28)13-10-21(11-14-27)35-20-4-7-23(8-5-20)36(29,31)32/h4-9,18,21H,3,10-17,19H2,1-2H3. The number of amides is 1. The van der Waals surface area contributed by atoms with Crippen LogP contribution >= 0.6 is 0 Å². The normalized spacial score (nSPS) is 25.9. The van der Waals surface area contributed by atoms with Crippen molar-refractivity contribution >= 4 is 21.6 Å². The summed E-state index contributed by atoms with van der Waals surface area (Å²) in [6, 6.07) is 11.4. The zero-order valence-electron chi connectivity index (χ0n) is 20.9. The van der Waals surface area contributed by atoms with E-state index >= 15 is 0 Å². The Hall–Kier alpha value is -2.94. The van der Waals surface area contributed by atoms with E-state index in [-0.39, 0.29) is 34.6 Å². The number of rotatable bonds is 3. The quantitative estimate of drug-likeness (QED) is 0.609. The minimum atomic E-state index is -4.10. The van der Waals surface area contributed by atoms with Crippen LogP contribution in [-0.4, -0.2) is 59.2 Å². The average Bonchev–Trinajstić information content (AvgIpc) is 3.10. The lowest BCUT2D eigenvalue weighted by molar-refractivity contribution is -0.129. The van der Waals surface area contributed by atoms with Crippen LogP contribution in [0.25, 0.3) is 0 Å². The molecule has 1 spiro atoms. The number of anilines is 1. The van der Waals surface area contributed by atoms with Crippen LogP contribution in [0.15, 0.2) is 47.4 Å². The summed E-state index contributed by atoms with van der Waals surface area (Å²) in [7, 11) is -1.11. The second kappa shape index (κ2) is 9.84. The molecule has 1 saturated heterocycles. The first kappa shape index (κ1) is 24.7. The lowest BCUT2D eigenvalue weighted by Crippen LogP contribution is -2.44. The highest BCUT2D eigenvalue weighted by Gasteiger charge is 2.39. The molecule has 0 atom stereocenters. The van der Waals surface area contributed by atoms with Gasteiger partial charge in [-0.05, 0) is 86.8 Å². The number of methoxy groups -OCH3 is 2. The van der Waals surface area contributed by atoms with Gasteiger partial charge >= 0.3 is 0 Å². The van der Waals surface area contributed by atoms with Crippen LogP contribution in [0, 0.1) is 5.41 Å². The lowest BCUT2D eigenvalue weighted by atomic mass is 9.69. The minimum absolute atomic E-state index is 0.0816. The van der Waals surface area contributed by atoms with Gasteiger partial charge in [0.1, 0.15) is 23.8 Å². The van der Waals surface area contributed by atoms with E-state index in [0.717, 1.165) is 49.3 Å². The minimum Gasteiger partial charge on any atom is -0.497 e. The fourth-order valence-electron chi connectivity index (χ4n) is 5.85. The number of carbonyl (C=O) groups is 1. The molecule has 2 aromatic carbocycles. The molecule has 7 rings (SSSR count). The maximum absolute atomic E-state index is 14.0. The summed E-state index contributed by atoms with van der Waals surface area (Å²) < 4.78 is 46.2. The first-order valence-electron chi connectivity index (χ1n) is 12.6. The Morgan fingerprint density at radius 1 is 0.944 bits per heavy atom. The molecule has 1 saturated carbocycles. The fraction of sp³-hybridized carbons (Fsp3) is 0.519. The number of sulfonamides is 1. The molecular weight excluding hydrogens is 480 g/mol. The Balaban J connectivity index is 1.60. The summed E-state index contributed by atoms with van der Waals surface area (Å²) in [5.41, 5.74) is 0.495. The predicted octanol–water partition coefficient (Wildman–Crippen LogP) is 4.23. The zero-order valence-corrected chi connectivity index (χ0v) is 21.8. The highest BCUT2D eigenvalue weighted by atomic mass is 32.2. The molecule has 0 N–H and O–H groups in total. The molecule has 8 nitrogen and oxygen atoms in total. The molecule has 1 aliphatic carbocycles. The van der Waals surface area contributed by atoms with Gasteiger partial charge < -0.3 is 19.1 Å². The fourth-order valence-corrected chi connectivity index (χ4v) is 7.27. The molecule has 5 bridgehead atoms. The van der Waals surface area contributed by atoms with Crippen molar-refractivity contribution in [2.45, 2.75) is 55.9 Å². The number of benzene rings is 2. The smallest absolute Gasteiger partial charge is 0.264 e. The maximum atomic E-state index is 14.0. The second-order valence-electron chi connectivity index (χ2n) is 10.1. The summed E-state index contributed by atoms with van der Waals surface area (Å²) >= 11 is 0. The van der Waals surface area contributed by atoms with Gasteiger partial charge in [0.05, 0.1) is 30.9 Å². The third-order valence-corrected chi connectivity index (χ3v) is 9.82. The van der Waals surface area contributed by atoms with Crippen molar-refractivity contribution < 1.29 is 27.4 Å². The average molecular weight is 515 g/mol. The highest BCUT2D eigenvalue weighted by Crippen LogP contribution is 2.45. The molecule has 4 heterocycles. The molecule has 4 aliphatic heterocycles. The molecule has 2 fully saturated rings. The van der Waals surface area contributed by atoms with Crippen molar-refractivity contribution in [2.24, 2.45) is 5.41 Å². The number of hydrogen-bond donors (Lipinski definition) is 0. The zero-order chi connectivity index (χ0) is 25.3. The highest BCUT2D eigenvalue weighted by molar-refractivity contribution is 7.92. The van der Waals surface area contributed by atoms with Gasteiger partial charge in [-0.25, -0.2) is 8.42 Å². The molecule has 1 amide bonds. The van der Waals surface area contributed by atoms with Gasteiger partial charge in [-0.3, -0.25) is 9.10 Å². The Bertz CT molecular complexity index is 1210. The van der Waals surface area contributed by atoms with Crippen LogP contribution < -0.4 is 18.5 Å². The van der Waals surface area contributed by atoms with Crippen LogP contribution in [0.3, 0.4) is 0 Å². The molecule has 5 aliphatic rings. The summed E-state index contributed by atoms with van der Waals surface area (Å²) in [6.45, 7) is 0.957. The molecule has 36 heavy (non-hydrogen) atoms. The Morgan fingerprint density at radius 2 is 1.69 bits per heavy atom. The van der Waals surface area contributed by atoms with Crippen LogP contribution in [0.5, 0.6) is 17.2 Å².